The highest BCUT2D eigenvalue weighted by Gasteiger charge is 2.23. The van der Waals surface area contributed by atoms with Crippen molar-refractivity contribution in [2.45, 2.75) is 51.8 Å². The van der Waals surface area contributed by atoms with Gasteiger partial charge in [-0.15, -0.1) is 10.2 Å². The molecule has 16 heteroatoms. The molecule has 0 saturated carbocycles. The van der Waals surface area contributed by atoms with E-state index < -0.39 is 29.9 Å². The quantitative estimate of drug-likeness (QED) is 0.232. The van der Waals surface area contributed by atoms with Crippen molar-refractivity contribution in [3.8, 4) is 5.75 Å². The maximum Gasteiger partial charge on any atom is 0.394 e. The van der Waals surface area contributed by atoms with Gasteiger partial charge in [-0.25, -0.2) is 13.5 Å². The molecule has 4 rings (SSSR count). The first kappa shape index (κ1) is 29.1. The van der Waals surface area contributed by atoms with Gasteiger partial charge in [-0.2, -0.15) is 8.78 Å². The van der Waals surface area contributed by atoms with Crippen molar-refractivity contribution < 1.29 is 31.9 Å². The van der Waals surface area contributed by atoms with Crippen LogP contribution in [-0.2, 0) is 26.2 Å². The van der Waals surface area contributed by atoms with Crippen molar-refractivity contribution in [2.75, 3.05) is 0 Å². The average Bonchev–Trinajstić information content (AvgIpc) is 3.59. The summed E-state index contributed by atoms with van der Waals surface area (Å²) in [5.74, 6) is -1.77. The molecule has 1 aromatic carbocycles. The number of hydrogen-bond acceptors (Lipinski definition) is 8. The minimum Gasteiger partial charge on any atom is -0.433 e. The predicted octanol–water partition coefficient (Wildman–Crippen LogP) is 2.68. The van der Waals surface area contributed by atoms with Crippen LogP contribution in [0.5, 0.6) is 5.75 Å². The molecule has 0 aliphatic rings. The summed E-state index contributed by atoms with van der Waals surface area (Å²) in [6.07, 6.45) is -0.707. The monoisotopic (exact) mass is 575 g/mol. The Balaban J connectivity index is 1.20. The van der Waals surface area contributed by atoms with E-state index in [1.165, 1.54) is 58.3 Å². The number of aromatic nitrogens is 7. The number of aryl methyl sites for hydroxylation is 1. The van der Waals surface area contributed by atoms with Crippen LogP contribution in [0, 0.1) is 5.82 Å². The molecule has 41 heavy (non-hydrogen) atoms. The first-order chi connectivity index (χ1) is 19.6. The fourth-order valence-electron chi connectivity index (χ4n) is 3.57. The van der Waals surface area contributed by atoms with Gasteiger partial charge in [0.1, 0.15) is 17.7 Å². The summed E-state index contributed by atoms with van der Waals surface area (Å²) in [6, 6.07) is 8.56. The van der Waals surface area contributed by atoms with Gasteiger partial charge in [0, 0.05) is 32.6 Å². The van der Waals surface area contributed by atoms with Crippen molar-refractivity contribution in [3.63, 3.8) is 0 Å². The normalized spacial score (nSPS) is 12.1. The third kappa shape index (κ3) is 8.81. The Kier molecular flexibility index (Phi) is 9.21. The Hall–Kier alpha value is -4.89. The van der Waals surface area contributed by atoms with Crippen molar-refractivity contribution in [2.24, 2.45) is 0 Å². The molecule has 0 spiro atoms. The van der Waals surface area contributed by atoms with E-state index in [1.54, 1.807) is 6.07 Å². The molecule has 0 aliphatic heterocycles. The second-order valence-corrected chi connectivity index (χ2v) is 8.93. The van der Waals surface area contributed by atoms with E-state index in [-0.39, 0.29) is 55.4 Å². The second-order valence-electron chi connectivity index (χ2n) is 8.93. The number of carbonyl (C=O) groups excluding carboxylic acids is 2. The average molecular weight is 576 g/mol. The molecule has 216 valence electrons. The molecule has 4 aromatic rings. The van der Waals surface area contributed by atoms with Crippen molar-refractivity contribution >= 4 is 11.8 Å². The summed E-state index contributed by atoms with van der Waals surface area (Å²) in [7, 11) is 0. The van der Waals surface area contributed by atoms with Gasteiger partial charge in [0.25, 0.3) is 11.8 Å². The lowest BCUT2D eigenvalue weighted by Crippen LogP contribution is -2.24. The summed E-state index contributed by atoms with van der Waals surface area (Å²) in [6.45, 7) is 0.416. The minimum atomic E-state index is -3.34. The Labute approximate surface area is 230 Å². The molecular weight excluding hydrogens is 550 g/mol. The zero-order valence-electron chi connectivity index (χ0n) is 21.7. The largest absolute Gasteiger partial charge is 0.433 e. The number of pyridine rings is 1. The fraction of sp³-hybridized carbons (Fsp3) is 0.320. The minimum absolute atomic E-state index is 0.000380. The lowest BCUT2D eigenvalue weighted by molar-refractivity contribution is -0.159. The molecular formula is C25H25F4N9O3. The third-order valence-electron chi connectivity index (χ3n) is 5.50. The van der Waals surface area contributed by atoms with Crippen molar-refractivity contribution in [1.82, 2.24) is 45.6 Å². The molecule has 1 atom stereocenters. The Morgan fingerprint density at radius 2 is 1.68 bits per heavy atom. The fourth-order valence-corrected chi connectivity index (χ4v) is 3.57. The summed E-state index contributed by atoms with van der Waals surface area (Å²) < 4.78 is 61.3. The van der Waals surface area contributed by atoms with Crippen LogP contribution in [-0.4, -0.2) is 59.1 Å². The smallest absolute Gasteiger partial charge is 0.394 e. The van der Waals surface area contributed by atoms with E-state index in [1.807, 2.05) is 0 Å². The van der Waals surface area contributed by atoms with Gasteiger partial charge in [0.15, 0.2) is 11.4 Å². The SMILES string of the molecule is CC(F)(F)Oc1cccc(CNC(=O)c2cn(CCC(F)Cn3cc(C(=O)NCc4ncccc4F)nn3)nn2)c1. The van der Waals surface area contributed by atoms with Crippen LogP contribution in [0.25, 0.3) is 0 Å². The number of halogens is 4. The van der Waals surface area contributed by atoms with Crippen LogP contribution in [0.15, 0.2) is 55.0 Å². The molecule has 0 saturated heterocycles. The molecule has 0 radical (unpaired) electrons. The lowest BCUT2D eigenvalue weighted by Gasteiger charge is -2.13. The molecule has 3 heterocycles. The van der Waals surface area contributed by atoms with E-state index >= 15 is 0 Å². The molecule has 3 aromatic heterocycles. The highest BCUT2D eigenvalue weighted by Crippen LogP contribution is 2.21. The first-order valence-corrected chi connectivity index (χ1v) is 12.3. The standard InChI is InChI=1S/C25H25F4N9O3/c1-25(28,29)41-18-5-2-4-16(10-18)11-31-23(39)21-14-37(35-33-21)9-7-17(26)13-38-15-22(34-36-38)24(40)32-12-20-19(27)6-3-8-30-20/h2-6,8,10,14-15,17H,7,9,11-13H2,1H3,(H,31,39)(H,32,40). The van der Waals surface area contributed by atoms with Crippen molar-refractivity contribution in [1.29, 1.82) is 0 Å². The van der Waals surface area contributed by atoms with Gasteiger partial charge in [0.2, 0.25) is 0 Å². The Bertz CT molecular complexity index is 1490. The van der Waals surface area contributed by atoms with E-state index in [2.05, 4.69) is 41.0 Å². The molecule has 12 nitrogen and oxygen atoms in total. The number of nitrogens with zero attached hydrogens (tertiary/aromatic N) is 7. The lowest BCUT2D eigenvalue weighted by atomic mass is 10.2. The Morgan fingerprint density at radius 1 is 1.00 bits per heavy atom. The number of rotatable bonds is 13. The Morgan fingerprint density at radius 3 is 2.39 bits per heavy atom. The second kappa shape index (κ2) is 13.0. The van der Waals surface area contributed by atoms with Gasteiger partial charge < -0.3 is 15.4 Å². The summed E-state index contributed by atoms with van der Waals surface area (Å²) in [5.41, 5.74) is 0.518. The van der Waals surface area contributed by atoms with Gasteiger partial charge >= 0.3 is 6.11 Å². The molecule has 2 amide bonds. The van der Waals surface area contributed by atoms with Gasteiger partial charge in [-0.1, -0.05) is 22.6 Å². The highest BCUT2D eigenvalue weighted by molar-refractivity contribution is 5.92. The van der Waals surface area contributed by atoms with Gasteiger partial charge in [-0.05, 0) is 29.8 Å². The van der Waals surface area contributed by atoms with E-state index in [9.17, 15) is 27.2 Å². The summed E-state index contributed by atoms with van der Waals surface area (Å²) in [4.78, 5) is 28.5. The number of carbonyl (C=O) groups is 2. The summed E-state index contributed by atoms with van der Waals surface area (Å²) in [5, 5.41) is 20.1. The maximum absolute atomic E-state index is 14.6. The van der Waals surface area contributed by atoms with E-state index in [0.717, 1.165) is 0 Å². The van der Waals surface area contributed by atoms with E-state index in [4.69, 9.17) is 0 Å². The molecule has 0 bridgehead atoms. The molecule has 0 aliphatic carbocycles. The van der Waals surface area contributed by atoms with Crippen LogP contribution in [0.1, 0.15) is 45.6 Å². The number of amides is 2. The van der Waals surface area contributed by atoms with Crippen LogP contribution in [0.2, 0.25) is 0 Å². The molecule has 0 fully saturated rings. The zero-order valence-corrected chi connectivity index (χ0v) is 21.7. The number of ether oxygens (including phenoxy) is 1. The summed E-state index contributed by atoms with van der Waals surface area (Å²) >= 11 is 0. The van der Waals surface area contributed by atoms with Gasteiger partial charge in [-0.3, -0.25) is 19.3 Å². The number of hydrogen-bond donors (Lipinski definition) is 2. The third-order valence-corrected chi connectivity index (χ3v) is 5.50. The number of nitrogens with one attached hydrogen (secondary N) is 2. The molecule has 2 N–H and O–H groups in total. The van der Waals surface area contributed by atoms with Crippen LogP contribution >= 0.6 is 0 Å². The number of alkyl halides is 3. The van der Waals surface area contributed by atoms with E-state index in [0.29, 0.717) is 12.5 Å². The predicted molar refractivity (Wildman–Crippen MR) is 134 cm³/mol. The van der Waals surface area contributed by atoms with Gasteiger partial charge in [0.05, 0.1) is 31.2 Å². The molecule has 1 unspecified atom stereocenters. The maximum atomic E-state index is 14.6. The topological polar surface area (TPSA) is 142 Å². The van der Waals surface area contributed by atoms with Crippen LogP contribution < -0.4 is 15.4 Å². The zero-order chi connectivity index (χ0) is 29.4. The highest BCUT2D eigenvalue weighted by atomic mass is 19.3. The first-order valence-electron chi connectivity index (χ1n) is 12.3. The number of benzene rings is 1. The van der Waals surface area contributed by atoms with Crippen LogP contribution in [0.3, 0.4) is 0 Å². The van der Waals surface area contributed by atoms with Crippen LogP contribution in [0.4, 0.5) is 17.6 Å². The van der Waals surface area contributed by atoms with Crippen molar-refractivity contribution in [3.05, 3.63) is 83.5 Å².